The van der Waals surface area contributed by atoms with Gasteiger partial charge in [-0.3, -0.25) is 24.0 Å². The molecule has 0 spiro atoms. The van der Waals surface area contributed by atoms with Gasteiger partial charge in [0.25, 0.3) is 0 Å². The Hall–Kier alpha value is -2.61. The van der Waals surface area contributed by atoms with Gasteiger partial charge in [0.2, 0.25) is 11.8 Å². The first-order valence-electron chi connectivity index (χ1n) is 7.97. The molecule has 1 atom stereocenters. The number of amides is 2. The second-order valence-electron chi connectivity index (χ2n) is 6.20. The molecule has 4 rings (SSSR count). The number of nitrogens with one attached hydrogen (secondary N) is 2. The maximum Gasteiger partial charge on any atom is 0.329 e. The summed E-state index contributed by atoms with van der Waals surface area (Å²) in [5.41, 5.74) is 1.02. The molecule has 0 aliphatic carbocycles. The van der Waals surface area contributed by atoms with Crippen LogP contribution in [0.2, 0.25) is 0 Å². The van der Waals surface area contributed by atoms with Crippen LogP contribution in [-0.2, 0) is 16.6 Å². The maximum absolute atomic E-state index is 12.7. The summed E-state index contributed by atoms with van der Waals surface area (Å²) in [6, 6.07) is 4.76. The summed E-state index contributed by atoms with van der Waals surface area (Å²) in [6.45, 7) is 1.55. The van der Waals surface area contributed by atoms with E-state index in [1.807, 2.05) is 12.1 Å². The van der Waals surface area contributed by atoms with Crippen molar-refractivity contribution < 1.29 is 14.3 Å². The fourth-order valence-corrected chi connectivity index (χ4v) is 3.25. The third-order valence-corrected chi connectivity index (χ3v) is 4.63. The summed E-state index contributed by atoms with van der Waals surface area (Å²) in [5.74, 6) is -0.106. The van der Waals surface area contributed by atoms with Crippen LogP contribution in [-0.4, -0.2) is 40.1 Å². The molecule has 24 heavy (non-hydrogen) atoms. The summed E-state index contributed by atoms with van der Waals surface area (Å²) in [4.78, 5) is 36.3. The fourth-order valence-electron chi connectivity index (χ4n) is 3.25. The fraction of sp³-hybridized carbons (Fsp3) is 0.438. The molecule has 126 valence electrons. The molecular weight excluding hydrogens is 312 g/mol. The quantitative estimate of drug-likeness (QED) is 0.752. The van der Waals surface area contributed by atoms with E-state index in [0.29, 0.717) is 23.2 Å². The number of piperidine rings is 1. The van der Waals surface area contributed by atoms with E-state index in [1.165, 1.54) is 9.13 Å². The number of carbonyl (C=O) groups excluding carboxylic acids is 2. The average molecular weight is 330 g/mol. The Morgan fingerprint density at radius 2 is 2.00 bits per heavy atom. The van der Waals surface area contributed by atoms with Crippen molar-refractivity contribution in [2.45, 2.75) is 25.0 Å². The van der Waals surface area contributed by atoms with Crippen molar-refractivity contribution in [3.05, 3.63) is 28.7 Å². The lowest BCUT2D eigenvalue weighted by atomic mass is 10.1. The topological polar surface area (TPSA) is 94.4 Å². The number of hydrogen-bond acceptors (Lipinski definition) is 5. The van der Waals surface area contributed by atoms with Crippen molar-refractivity contribution in [1.29, 1.82) is 0 Å². The summed E-state index contributed by atoms with van der Waals surface area (Å²) < 4.78 is 8.92. The number of para-hydroxylation sites is 1. The monoisotopic (exact) mass is 330 g/mol. The van der Waals surface area contributed by atoms with Gasteiger partial charge in [0.05, 0.1) is 5.52 Å². The predicted octanol–water partition coefficient (Wildman–Crippen LogP) is -0.332. The molecule has 2 aliphatic rings. The van der Waals surface area contributed by atoms with E-state index in [9.17, 15) is 14.4 Å². The van der Waals surface area contributed by atoms with Gasteiger partial charge in [-0.25, -0.2) is 4.79 Å². The number of hydrogen-bond donors (Lipinski definition) is 2. The van der Waals surface area contributed by atoms with Gasteiger partial charge in [-0.15, -0.1) is 0 Å². The zero-order valence-corrected chi connectivity index (χ0v) is 13.2. The number of nitrogens with zero attached hydrogens (tertiary/aromatic N) is 2. The molecule has 0 bridgehead atoms. The van der Waals surface area contributed by atoms with Gasteiger partial charge in [-0.1, -0.05) is 6.07 Å². The van der Waals surface area contributed by atoms with Crippen LogP contribution in [0.25, 0.3) is 11.0 Å². The van der Waals surface area contributed by atoms with Gasteiger partial charge in [0.15, 0.2) is 0 Å². The molecular formula is C16H18N4O4. The molecule has 2 saturated heterocycles. The summed E-state index contributed by atoms with van der Waals surface area (Å²) in [5, 5.41) is 5.45. The molecule has 1 aromatic heterocycles. The third kappa shape index (κ3) is 2.22. The average Bonchev–Trinajstić information content (AvgIpc) is 2.76. The number of aromatic nitrogens is 2. The van der Waals surface area contributed by atoms with Gasteiger partial charge >= 0.3 is 5.69 Å². The molecule has 2 aromatic rings. The van der Waals surface area contributed by atoms with Crippen LogP contribution in [0.15, 0.2) is 23.0 Å². The largest absolute Gasteiger partial charge is 0.485 e. The Morgan fingerprint density at radius 3 is 2.67 bits per heavy atom. The zero-order chi connectivity index (χ0) is 16.8. The Bertz CT molecular complexity index is 893. The molecule has 1 unspecified atom stereocenters. The van der Waals surface area contributed by atoms with Crippen molar-refractivity contribution in [2.75, 3.05) is 13.1 Å². The summed E-state index contributed by atoms with van der Waals surface area (Å²) >= 11 is 0. The third-order valence-electron chi connectivity index (χ3n) is 4.63. The van der Waals surface area contributed by atoms with E-state index in [2.05, 4.69) is 10.6 Å². The summed E-state index contributed by atoms with van der Waals surface area (Å²) in [7, 11) is 1.67. The van der Waals surface area contributed by atoms with Crippen LogP contribution in [0.1, 0.15) is 18.9 Å². The lowest BCUT2D eigenvalue weighted by Crippen LogP contribution is -2.50. The van der Waals surface area contributed by atoms with E-state index < -0.39 is 11.9 Å². The number of imide groups is 1. The molecule has 2 N–H and O–H groups in total. The minimum absolute atomic E-state index is 0.0876. The van der Waals surface area contributed by atoms with Gasteiger partial charge in [-0.2, -0.15) is 0 Å². The highest BCUT2D eigenvalue weighted by atomic mass is 16.5. The van der Waals surface area contributed by atoms with E-state index in [0.717, 1.165) is 13.1 Å². The standard InChI is InChI=1S/C16H18N4O4/c1-19-14-10(3-2-4-12(14)24-9-7-17-8-9)20(16(19)23)11-5-6-13(21)18-15(11)22/h2-4,9,11,17H,5-8H2,1H3,(H,18,21,22). The van der Waals surface area contributed by atoms with E-state index in [4.69, 9.17) is 4.74 Å². The van der Waals surface area contributed by atoms with Crippen LogP contribution in [0.4, 0.5) is 0 Å². The predicted molar refractivity (Wildman–Crippen MR) is 85.9 cm³/mol. The number of fused-ring (bicyclic) bond motifs is 1. The van der Waals surface area contributed by atoms with Crippen LogP contribution in [0, 0.1) is 0 Å². The van der Waals surface area contributed by atoms with Gasteiger partial charge in [-0.05, 0) is 18.6 Å². The number of benzene rings is 1. The number of aryl methyl sites for hydroxylation is 1. The Morgan fingerprint density at radius 1 is 1.21 bits per heavy atom. The molecule has 8 heteroatoms. The smallest absolute Gasteiger partial charge is 0.329 e. The minimum Gasteiger partial charge on any atom is -0.485 e. The van der Waals surface area contributed by atoms with Gasteiger partial charge in [0, 0.05) is 26.6 Å². The first-order chi connectivity index (χ1) is 11.6. The van der Waals surface area contributed by atoms with Gasteiger partial charge in [0.1, 0.15) is 23.4 Å². The molecule has 2 aliphatic heterocycles. The number of imidazole rings is 1. The summed E-state index contributed by atoms with van der Waals surface area (Å²) in [6.07, 6.45) is 0.634. The highest BCUT2D eigenvalue weighted by Crippen LogP contribution is 2.29. The Balaban J connectivity index is 1.83. The highest BCUT2D eigenvalue weighted by molar-refractivity contribution is 6.00. The molecule has 0 saturated carbocycles. The Kier molecular flexibility index (Phi) is 3.42. The lowest BCUT2D eigenvalue weighted by Gasteiger charge is -2.28. The molecule has 2 fully saturated rings. The second kappa shape index (κ2) is 5.48. The molecule has 8 nitrogen and oxygen atoms in total. The van der Waals surface area contributed by atoms with Crippen LogP contribution >= 0.6 is 0 Å². The van der Waals surface area contributed by atoms with Crippen molar-refractivity contribution in [2.24, 2.45) is 7.05 Å². The maximum atomic E-state index is 12.7. The molecule has 1 aromatic carbocycles. The van der Waals surface area contributed by atoms with Crippen LogP contribution in [0.3, 0.4) is 0 Å². The number of ether oxygens (including phenoxy) is 1. The SMILES string of the molecule is Cn1c(=O)n(C2CCC(=O)NC2=O)c2cccc(OC3CNC3)c21. The Labute approximate surface area is 137 Å². The van der Waals surface area contributed by atoms with Crippen molar-refractivity contribution >= 4 is 22.8 Å². The van der Waals surface area contributed by atoms with E-state index in [-0.39, 0.29) is 24.1 Å². The number of carbonyl (C=O) groups is 2. The van der Waals surface area contributed by atoms with Crippen molar-refractivity contribution in [1.82, 2.24) is 19.8 Å². The molecule has 3 heterocycles. The first kappa shape index (κ1) is 14.9. The zero-order valence-electron chi connectivity index (χ0n) is 13.2. The van der Waals surface area contributed by atoms with Crippen LogP contribution < -0.4 is 21.1 Å². The van der Waals surface area contributed by atoms with E-state index >= 15 is 0 Å². The molecule has 2 amide bonds. The normalized spacial score (nSPS) is 21.6. The molecule has 0 radical (unpaired) electrons. The first-order valence-corrected chi connectivity index (χ1v) is 7.97. The minimum atomic E-state index is -0.681. The van der Waals surface area contributed by atoms with Crippen molar-refractivity contribution in [3.8, 4) is 5.75 Å². The second-order valence-corrected chi connectivity index (χ2v) is 6.20. The van der Waals surface area contributed by atoms with Crippen molar-refractivity contribution in [3.63, 3.8) is 0 Å². The lowest BCUT2D eigenvalue weighted by molar-refractivity contribution is -0.135. The van der Waals surface area contributed by atoms with E-state index in [1.54, 1.807) is 13.1 Å². The number of rotatable bonds is 3. The van der Waals surface area contributed by atoms with Gasteiger partial charge < -0.3 is 10.1 Å². The van der Waals surface area contributed by atoms with Crippen LogP contribution in [0.5, 0.6) is 5.75 Å². The highest BCUT2D eigenvalue weighted by Gasteiger charge is 2.32.